The van der Waals surface area contributed by atoms with Gasteiger partial charge < -0.3 is 9.72 Å². The number of ether oxygens (including phenoxy) is 1. The molecule has 2 aromatic heterocycles. The van der Waals surface area contributed by atoms with Crippen LogP contribution in [0.2, 0.25) is 5.02 Å². The number of H-pyrrole nitrogens is 1. The minimum atomic E-state index is -0.112. The lowest BCUT2D eigenvalue weighted by molar-refractivity contribution is 0.110. The molecule has 1 aliphatic heterocycles. The van der Waals surface area contributed by atoms with Gasteiger partial charge >= 0.3 is 0 Å². The van der Waals surface area contributed by atoms with Crippen molar-refractivity contribution < 1.29 is 4.74 Å². The van der Waals surface area contributed by atoms with Crippen LogP contribution in [0.3, 0.4) is 0 Å². The number of halogens is 1. The van der Waals surface area contributed by atoms with Gasteiger partial charge in [0.15, 0.2) is 0 Å². The third kappa shape index (κ3) is 2.80. The van der Waals surface area contributed by atoms with Crippen molar-refractivity contribution in [2.24, 2.45) is 0 Å². The van der Waals surface area contributed by atoms with Crippen molar-refractivity contribution in [3.05, 3.63) is 50.8 Å². The maximum Gasteiger partial charge on any atom is 0.260 e. The molecule has 1 unspecified atom stereocenters. The van der Waals surface area contributed by atoms with Crippen molar-refractivity contribution in [2.75, 3.05) is 6.61 Å². The number of hydrogen-bond acceptors (Lipinski definition) is 4. The van der Waals surface area contributed by atoms with E-state index in [1.807, 2.05) is 29.6 Å². The Morgan fingerprint density at radius 1 is 1.35 bits per heavy atom. The molecule has 1 atom stereocenters. The minimum Gasteiger partial charge on any atom is -0.378 e. The quantitative estimate of drug-likeness (QED) is 0.779. The van der Waals surface area contributed by atoms with E-state index in [0.717, 1.165) is 35.4 Å². The van der Waals surface area contributed by atoms with E-state index in [-0.39, 0.29) is 11.7 Å². The largest absolute Gasteiger partial charge is 0.378 e. The molecule has 0 bridgehead atoms. The second-order valence-electron chi connectivity index (χ2n) is 5.66. The smallest absolute Gasteiger partial charge is 0.260 e. The van der Waals surface area contributed by atoms with E-state index in [1.165, 1.54) is 11.3 Å². The molecule has 1 aliphatic rings. The van der Waals surface area contributed by atoms with Crippen LogP contribution in [-0.2, 0) is 11.2 Å². The normalized spacial score (nSPS) is 17.9. The summed E-state index contributed by atoms with van der Waals surface area (Å²) in [6, 6.07) is 7.54. The van der Waals surface area contributed by atoms with E-state index >= 15 is 0 Å². The van der Waals surface area contributed by atoms with Crippen molar-refractivity contribution in [3.63, 3.8) is 0 Å². The van der Waals surface area contributed by atoms with E-state index in [9.17, 15) is 4.79 Å². The fourth-order valence-electron chi connectivity index (χ4n) is 2.99. The SMILES string of the molecule is O=c1[nH]c(CC2CCCO2)nc2scc(-c3ccccc3Cl)c12. The Kier molecular flexibility index (Phi) is 3.93. The highest BCUT2D eigenvalue weighted by molar-refractivity contribution is 7.17. The molecule has 3 aromatic rings. The molecule has 3 heterocycles. The first-order valence-corrected chi connectivity index (χ1v) is 8.85. The van der Waals surface area contributed by atoms with Gasteiger partial charge in [0, 0.05) is 34.6 Å². The van der Waals surface area contributed by atoms with Crippen LogP contribution in [0.15, 0.2) is 34.4 Å². The van der Waals surface area contributed by atoms with E-state index in [4.69, 9.17) is 16.3 Å². The average Bonchev–Trinajstić information content (AvgIpc) is 3.17. The Bertz CT molecular complexity index is 912. The van der Waals surface area contributed by atoms with Crippen LogP contribution in [0.5, 0.6) is 0 Å². The highest BCUT2D eigenvalue weighted by Gasteiger charge is 2.19. The summed E-state index contributed by atoms with van der Waals surface area (Å²) in [6.45, 7) is 0.798. The summed E-state index contributed by atoms with van der Waals surface area (Å²) in [5.41, 5.74) is 1.59. The van der Waals surface area contributed by atoms with Crippen LogP contribution >= 0.6 is 22.9 Å². The first-order valence-electron chi connectivity index (χ1n) is 7.59. The minimum absolute atomic E-state index is 0.112. The lowest BCUT2D eigenvalue weighted by Gasteiger charge is -2.08. The van der Waals surface area contributed by atoms with Crippen molar-refractivity contribution in [3.8, 4) is 11.1 Å². The Morgan fingerprint density at radius 3 is 3.00 bits per heavy atom. The van der Waals surface area contributed by atoms with Gasteiger partial charge in [-0.2, -0.15) is 0 Å². The zero-order valence-electron chi connectivity index (χ0n) is 12.3. The number of benzene rings is 1. The summed E-state index contributed by atoms with van der Waals surface area (Å²) in [4.78, 5) is 20.8. The Labute approximate surface area is 142 Å². The Balaban J connectivity index is 1.78. The van der Waals surface area contributed by atoms with Crippen LogP contribution in [0.1, 0.15) is 18.7 Å². The van der Waals surface area contributed by atoms with Gasteiger partial charge in [0.2, 0.25) is 0 Å². The molecule has 6 heteroatoms. The Hall–Kier alpha value is -1.69. The zero-order chi connectivity index (χ0) is 15.8. The number of nitrogens with zero attached hydrogens (tertiary/aromatic N) is 1. The number of aromatic nitrogens is 2. The molecule has 0 amide bonds. The van der Waals surface area contributed by atoms with E-state index < -0.39 is 0 Å². The van der Waals surface area contributed by atoms with Crippen molar-refractivity contribution in [1.82, 2.24) is 9.97 Å². The Morgan fingerprint density at radius 2 is 2.22 bits per heavy atom. The molecule has 0 aliphatic carbocycles. The predicted molar refractivity (Wildman–Crippen MR) is 93.4 cm³/mol. The van der Waals surface area contributed by atoms with Crippen LogP contribution < -0.4 is 5.56 Å². The molecular formula is C17H15ClN2O2S. The third-order valence-corrected chi connectivity index (χ3v) is 5.30. The van der Waals surface area contributed by atoms with Crippen LogP contribution in [0.4, 0.5) is 0 Å². The van der Waals surface area contributed by atoms with E-state index in [0.29, 0.717) is 22.7 Å². The molecule has 4 nitrogen and oxygen atoms in total. The fourth-order valence-corrected chi connectivity index (χ4v) is 4.18. The maximum absolute atomic E-state index is 12.6. The second-order valence-corrected chi connectivity index (χ2v) is 6.93. The zero-order valence-corrected chi connectivity index (χ0v) is 13.9. The van der Waals surface area contributed by atoms with Crippen LogP contribution in [0, 0.1) is 0 Å². The predicted octanol–water partition coefficient (Wildman–Crippen LogP) is 4.03. The first kappa shape index (κ1) is 14.9. The summed E-state index contributed by atoms with van der Waals surface area (Å²) in [7, 11) is 0. The van der Waals surface area contributed by atoms with E-state index in [1.54, 1.807) is 0 Å². The van der Waals surface area contributed by atoms with Gasteiger partial charge in [-0.3, -0.25) is 4.79 Å². The van der Waals surface area contributed by atoms with Crippen molar-refractivity contribution in [1.29, 1.82) is 0 Å². The number of aromatic amines is 1. The van der Waals surface area contributed by atoms with Gasteiger partial charge in [0.05, 0.1) is 11.5 Å². The molecular weight excluding hydrogens is 332 g/mol. The molecule has 0 saturated carbocycles. The highest BCUT2D eigenvalue weighted by Crippen LogP contribution is 2.34. The maximum atomic E-state index is 12.6. The van der Waals surface area contributed by atoms with Crippen LogP contribution in [-0.4, -0.2) is 22.7 Å². The summed E-state index contributed by atoms with van der Waals surface area (Å²) in [5.74, 6) is 0.696. The number of fused-ring (bicyclic) bond motifs is 1. The standard InChI is InChI=1S/C17H15ClN2O2S/c18-13-6-2-1-5-11(13)12-9-23-17-15(12)16(21)19-14(20-17)8-10-4-3-7-22-10/h1-2,5-6,9-10H,3-4,7-8H2,(H,19,20,21). The number of hydrogen-bond donors (Lipinski definition) is 1. The fraction of sp³-hybridized carbons (Fsp3) is 0.294. The second kappa shape index (κ2) is 6.07. The third-order valence-electron chi connectivity index (χ3n) is 4.10. The van der Waals surface area contributed by atoms with Gasteiger partial charge in [-0.25, -0.2) is 4.98 Å². The van der Waals surface area contributed by atoms with Gasteiger partial charge in [-0.05, 0) is 18.9 Å². The van der Waals surface area contributed by atoms with E-state index in [2.05, 4.69) is 9.97 Å². The van der Waals surface area contributed by atoms with Crippen LogP contribution in [0.25, 0.3) is 21.3 Å². The average molecular weight is 347 g/mol. The molecule has 0 radical (unpaired) electrons. The molecule has 1 fully saturated rings. The lowest BCUT2D eigenvalue weighted by Crippen LogP contribution is -2.17. The monoisotopic (exact) mass is 346 g/mol. The molecule has 23 heavy (non-hydrogen) atoms. The molecule has 1 aromatic carbocycles. The number of nitrogens with one attached hydrogen (secondary N) is 1. The van der Waals surface area contributed by atoms with Crippen molar-refractivity contribution in [2.45, 2.75) is 25.4 Å². The highest BCUT2D eigenvalue weighted by atomic mass is 35.5. The van der Waals surface area contributed by atoms with Gasteiger partial charge in [0.25, 0.3) is 5.56 Å². The summed E-state index contributed by atoms with van der Waals surface area (Å²) >= 11 is 7.74. The summed E-state index contributed by atoms with van der Waals surface area (Å²) < 4.78 is 5.62. The topological polar surface area (TPSA) is 55.0 Å². The summed E-state index contributed by atoms with van der Waals surface area (Å²) in [6.07, 6.45) is 2.92. The van der Waals surface area contributed by atoms with Gasteiger partial charge in [-0.1, -0.05) is 29.8 Å². The number of rotatable bonds is 3. The molecule has 0 spiro atoms. The lowest BCUT2D eigenvalue weighted by atomic mass is 10.1. The number of thiophene rings is 1. The van der Waals surface area contributed by atoms with Gasteiger partial charge in [0.1, 0.15) is 10.7 Å². The summed E-state index contributed by atoms with van der Waals surface area (Å²) in [5, 5.41) is 3.19. The molecule has 4 rings (SSSR count). The first-order chi connectivity index (χ1) is 11.2. The van der Waals surface area contributed by atoms with Crippen molar-refractivity contribution >= 4 is 33.2 Å². The van der Waals surface area contributed by atoms with Gasteiger partial charge in [-0.15, -0.1) is 11.3 Å². The molecule has 118 valence electrons. The molecule has 1 saturated heterocycles. The molecule has 1 N–H and O–H groups in total.